The van der Waals surface area contributed by atoms with E-state index in [-0.39, 0.29) is 11.0 Å². The predicted molar refractivity (Wildman–Crippen MR) is 107 cm³/mol. The second-order valence-corrected chi connectivity index (χ2v) is 7.39. The zero-order chi connectivity index (χ0) is 18.7. The van der Waals surface area contributed by atoms with Crippen LogP contribution >= 0.6 is 46.6 Å². The van der Waals surface area contributed by atoms with E-state index >= 15 is 0 Å². The van der Waals surface area contributed by atoms with Crippen LogP contribution in [0.3, 0.4) is 0 Å². The third-order valence-corrected chi connectivity index (χ3v) is 5.14. The van der Waals surface area contributed by atoms with Gasteiger partial charge in [0.25, 0.3) is 0 Å². The molecule has 0 aliphatic rings. The van der Waals surface area contributed by atoms with Crippen LogP contribution < -0.4 is 16.7 Å². The van der Waals surface area contributed by atoms with E-state index in [9.17, 15) is 4.79 Å². The molecule has 3 aromatic rings. The fourth-order valence-corrected chi connectivity index (χ4v) is 3.40. The number of nitrogens with two attached hydrogens (primary N) is 1. The van der Waals surface area contributed by atoms with Crippen molar-refractivity contribution in [2.75, 3.05) is 11.2 Å². The maximum absolute atomic E-state index is 12.4. The molecule has 134 valence electrons. The molecule has 2 aromatic carbocycles. The van der Waals surface area contributed by atoms with E-state index in [0.29, 0.717) is 26.5 Å². The van der Waals surface area contributed by atoms with Crippen LogP contribution in [-0.4, -0.2) is 14.9 Å². The van der Waals surface area contributed by atoms with Crippen molar-refractivity contribution in [1.82, 2.24) is 14.9 Å². The Kier molecular flexibility index (Phi) is 5.93. The van der Waals surface area contributed by atoms with Gasteiger partial charge in [0.1, 0.15) is 0 Å². The lowest BCUT2D eigenvalue weighted by Crippen LogP contribution is -2.32. The second-order valence-electron chi connectivity index (χ2n) is 5.17. The molecule has 0 aliphatic heterocycles. The van der Waals surface area contributed by atoms with Crippen molar-refractivity contribution in [3.8, 4) is 0 Å². The predicted octanol–water partition coefficient (Wildman–Crippen LogP) is 4.35. The highest BCUT2D eigenvalue weighted by atomic mass is 35.5. The Morgan fingerprint density at radius 1 is 1.04 bits per heavy atom. The fourth-order valence-electron chi connectivity index (χ4n) is 2.01. The highest BCUT2D eigenvalue weighted by molar-refractivity contribution is 7.98. The summed E-state index contributed by atoms with van der Waals surface area (Å²) in [4.78, 5) is 12.4. The number of hydrogen-bond donors (Lipinski definition) is 2. The van der Waals surface area contributed by atoms with Crippen molar-refractivity contribution in [3.63, 3.8) is 0 Å². The average molecular weight is 429 g/mol. The average Bonchev–Trinajstić information content (AvgIpc) is 2.62. The Hall–Kier alpha value is -1.93. The molecule has 0 bridgehead atoms. The van der Waals surface area contributed by atoms with Crippen molar-refractivity contribution < 1.29 is 0 Å². The molecule has 1 aromatic heterocycles. The first kappa shape index (κ1) is 18.8. The molecular weight excluding hydrogens is 417 g/mol. The smallest absolute Gasteiger partial charge is 0.315 e. The highest BCUT2D eigenvalue weighted by Crippen LogP contribution is 2.27. The van der Waals surface area contributed by atoms with Gasteiger partial charge in [-0.1, -0.05) is 58.7 Å². The quantitative estimate of drug-likeness (QED) is 0.464. The lowest BCUT2D eigenvalue weighted by atomic mass is 10.2. The molecule has 0 saturated carbocycles. The van der Waals surface area contributed by atoms with Crippen molar-refractivity contribution in [1.29, 1.82) is 0 Å². The zero-order valence-corrected chi connectivity index (χ0v) is 16.2. The van der Waals surface area contributed by atoms with Gasteiger partial charge in [0.2, 0.25) is 11.0 Å². The Morgan fingerprint density at radius 3 is 2.42 bits per heavy atom. The molecule has 6 nitrogen and oxygen atoms in total. The van der Waals surface area contributed by atoms with Gasteiger partial charge in [-0.2, -0.15) is 4.68 Å². The summed E-state index contributed by atoms with van der Waals surface area (Å²) in [6, 6.07) is 12.2. The van der Waals surface area contributed by atoms with Crippen LogP contribution in [0.4, 0.5) is 11.5 Å². The fraction of sp³-hybridized carbons (Fsp3) is 0.0625. The van der Waals surface area contributed by atoms with Gasteiger partial charge in [0.15, 0.2) is 0 Å². The number of benzene rings is 2. The van der Waals surface area contributed by atoms with E-state index < -0.39 is 5.56 Å². The molecular formula is C16H12Cl3N5OS. The van der Waals surface area contributed by atoms with Gasteiger partial charge in [-0.3, -0.25) is 4.79 Å². The minimum absolute atomic E-state index is 0.0347. The zero-order valence-electron chi connectivity index (χ0n) is 13.1. The van der Waals surface area contributed by atoms with Crippen molar-refractivity contribution >= 4 is 58.1 Å². The van der Waals surface area contributed by atoms with Gasteiger partial charge in [-0.15, -0.1) is 10.2 Å². The van der Waals surface area contributed by atoms with Crippen molar-refractivity contribution in [2.24, 2.45) is 0 Å². The normalized spacial score (nSPS) is 10.7. The molecule has 26 heavy (non-hydrogen) atoms. The van der Waals surface area contributed by atoms with Gasteiger partial charge < -0.3 is 11.2 Å². The first-order valence-corrected chi connectivity index (χ1v) is 9.40. The summed E-state index contributed by atoms with van der Waals surface area (Å²) in [5, 5.41) is 12.5. The topological polar surface area (TPSA) is 85.8 Å². The summed E-state index contributed by atoms with van der Waals surface area (Å²) >= 11 is 19.1. The molecule has 0 unspecified atom stereocenters. The highest BCUT2D eigenvalue weighted by Gasteiger charge is 2.12. The van der Waals surface area contributed by atoms with Crippen molar-refractivity contribution in [3.05, 3.63) is 73.4 Å². The SMILES string of the molecule is Nn1c(SCc2ccc(Cl)cc2)nnc(Nc2ccc(Cl)cc2Cl)c1=O. The molecule has 0 saturated heterocycles. The van der Waals surface area contributed by atoms with Crippen molar-refractivity contribution in [2.45, 2.75) is 10.9 Å². The van der Waals surface area contributed by atoms with Crippen LogP contribution in [0.15, 0.2) is 52.4 Å². The number of nitrogens with zero attached hydrogens (tertiary/aromatic N) is 3. The molecule has 0 radical (unpaired) electrons. The van der Waals surface area contributed by atoms with Crippen LogP contribution in [0.5, 0.6) is 0 Å². The van der Waals surface area contributed by atoms with E-state index in [1.165, 1.54) is 11.8 Å². The molecule has 0 aliphatic carbocycles. The summed E-state index contributed by atoms with van der Waals surface area (Å²) in [6.07, 6.45) is 0. The van der Waals surface area contributed by atoms with Gasteiger partial charge in [-0.25, -0.2) is 0 Å². The molecule has 3 N–H and O–H groups in total. The first-order chi connectivity index (χ1) is 12.4. The third-order valence-electron chi connectivity index (χ3n) is 3.33. The van der Waals surface area contributed by atoms with E-state index in [1.54, 1.807) is 30.3 Å². The van der Waals surface area contributed by atoms with E-state index in [1.807, 2.05) is 12.1 Å². The lowest BCUT2D eigenvalue weighted by Gasteiger charge is -2.10. The summed E-state index contributed by atoms with van der Waals surface area (Å²) in [6.45, 7) is 0. The van der Waals surface area contributed by atoms with E-state index in [0.717, 1.165) is 10.2 Å². The summed E-state index contributed by atoms with van der Waals surface area (Å²) < 4.78 is 0.944. The number of hydrogen-bond acceptors (Lipinski definition) is 6. The summed E-state index contributed by atoms with van der Waals surface area (Å²) in [7, 11) is 0. The van der Waals surface area contributed by atoms with E-state index in [2.05, 4.69) is 15.5 Å². The first-order valence-electron chi connectivity index (χ1n) is 7.28. The van der Waals surface area contributed by atoms with Crippen LogP contribution in [-0.2, 0) is 5.75 Å². The van der Waals surface area contributed by atoms with Crippen LogP contribution in [0, 0.1) is 0 Å². The lowest BCUT2D eigenvalue weighted by molar-refractivity contribution is 0.705. The summed E-state index contributed by atoms with van der Waals surface area (Å²) in [5.74, 6) is 6.39. The molecule has 0 spiro atoms. The van der Waals surface area contributed by atoms with Gasteiger partial charge in [-0.05, 0) is 35.9 Å². The standard InChI is InChI=1S/C16H12Cl3N5OS/c17-10-3-1-9(2-4-10)8-26-16-23-22-14(15(25)24(16)20)21-13-6-5-11(18)7-12(13)19/h1-7H,8,20H2,(H,21,22). The number of aromatic nitrogens is 3. The van der Waals surface area contributed by atoms with Crippen LogP contribution in [0.1, 0.15) is 5.56 Å². The van der Waals surface area contributed by atoms with Gasteiger partial charge >= 0.3 is 5.56 Å². The maximum Gasteiger partial charge on any atom is 0.315 e. The largest absolute Gasteiger partial charge is 0.334 e. The van der Waals surface area contributed by atoms with Crippen LogP contribution in [0.25, 0.3) is 0 Å². The molecule has 10 heteroatoms. The Morgan fingerprint density at radius 2 is 1.73 bits per heavy atom. The second kappa shape index (κ2) is 8.18. The number of anilines is 2. The summed E-state index contributed by atoms with van der Waals surface area (Å²) in [5.41, 5.74) is 0.970. The number of halogens is 3. The molecule has 3 rings (SSSR count). The van der Waals surface area contributed by atoms with Gasteiger partial charge in [0, 0.05) is 15.8 Å². The minimum atomic E-state index is -0.523. The third kappa shape index (κ3) is 4.42. The molecule has 0 fully saturated rings. The Labute approximate surface area is 168 Å². The molecule has 0 atom stereocenters. The monoisotopic (exact) mass is 427 g/mol. The van der Waals surface area contributed by atoms with Crippen LogP contribution in [0.2, 0.25) is 15.1 Å². The van der Waals surface area contributed by atoms with E-state index in [4.69, 9.17) is 40.6 Å². The number of nitrogens with one attached hydrogen (secondary N) is 1. The molecule has 0 amide bonds. The Balaban J connectivity index is 1.77. The molecule has 1 heterocycles. The Bertz CT molecular complexity index is 994. The number of rotatable bonds is 5. The van der Waals surface area contributed by atoms with Gasteiger partial charge in [0.05, 0.1) is 10.7 Å². The number of nitrogen functional groups attached to an aromatic ring is 1. The maximum atomic E-state index is 12.4. The minimum Gasteiger partial charge on any atom is -0.334 e. The number of thioether (sulfide) groups is 1.